The number of hydrogen-bond acceptors (Lipinski definition) is 4. The molecule has 0 bridgehead atoms. The van der Waals surface area contributed by atoms with Gasteiger partial charge in [0.15, 0.2) is 0 Å². The second kappa shape index (κ2) is 5.46. The van der Waals surface area contributed by atoms with Crippen molar-refractivity contribution in [2.75, 3.05) is 18.5 Å². The molecule has 0 atom stereocenters. The molecule has 1 aromatic heterocycles. The second-order valence-corrected chi connectivity index (χ2v) is 5.45. The minimum atomic E-state index is -1.04. The lowest BCUT2D eigenvalue weighted by atomic mass is 9.95. The molecule has 1 aromatic rings. The zero-order valence-corrected chi connectivity index (χ0v) is 11.3. The molecule has 0 radical (unpaired) electrons. The lowest BCUT2D eigenvalue weighted by Crippen LogP contribution is -2.27. The molecule has 0 fully saturated rings. The van der Waals surface area contributed by atoms with Crippen molar-refractivity contribution in [3.63, 3.8) is 0 Å². The normalized spacial score (nSPS) is 11.3. The van der Waals surface area contributed by atoms with Gasteiger partial charge in [0.25, 0.3) is 0 Å². The molecule has 5 nitrogen and oxygen atoms in total. The smallest absolute Gasteiger partial charge is 0.339 e. The lowest BCUT2D eigenvalue weighted by molar-refractivity contribution is 0.0697. The molecule has 0 unspecified atom stereocenters. The van der Waals surface area contributed by atoms with Gasteiger partial charge in [0.05, 0.1) is 0 Å². The van der Waals surface area contributed by atoms with Gasteiger partial charge in [-0.2, -0.15) is 0 Å². The van der Waals surface area contributed by atoms with Gasteiger partial charge in [-0.15, -0.1) is 0 Å². The minimum absolute atomic E-state index is 0.0128. The SMILES string of the molecule is CC(C)(CO)CNc1ncc(Br)cc1C(=O)O. The van der Waals surface area contributed by atoms with E-state index < -0.39 is 5.97 Å². The summed E-state index contributed by atoms with van der Waals surface area (Å²) in [5.41, 5.74) is -0.224. The number of aromatic carboxylic acids is 1. The van der Waals surface area contributed by atoms with Crippen LogP contribution in [0.5, 0.6) is 0 Å². The minimum Gasteiger partial charge on any atom is -0.478 e. The van der Waals surface area contributed by atoms with Crippen LogP contribution in [0.2, 0.25) is 0 Å². The summed E-state index contributed by atoms with van der Waals surface area (Å²) in [4.78, 5) is 15.0. The Labute approximate surface area is 108 Å². The third kappa shape index (κ3) is 3.98. The van der Waals surface area contributed by atoms with Gasteiger partial charge in [0, 0.05) is 29.2 Å². The van der Waals surface area contributed by atoms with Crippen LogP contribution in [0, 0.1) is 5.41 Å². The van der Waals surface area contributed by atoms with E-state index in [1.807, 2.05) is 13.8 Å². The van der Waals surface area contributed by atoms with E-state index in [0.717, 1.165) is 0 Å². The summed E-state index contributed by atoms with van der Waals surface area (Å²) in [6, 6.07) is 1.49. The highest BCUT2D eigenvalue weighted by Crippen LogP contribution is 2.20. The zero-order chi connectivity index (χ0) is 13.1. The standard InChI is InChI=1S/C11H15BrN2O3/c1-11(2,6-15)5-14-9-8(10(16)17)3-7(12)4-13-9/h3-4,15H,5-6H2,1-2H3,(H,13,14)(H,16,17). The number of nitrogens with one attached hydrogen (secondary N) is 1. The first-order valence-corrected chi connectivity index (χ1v) is 5.88. The number of aromatic nitrogens is 1. The number of carboxylic acid groups (broad SMARTS) is 1. The van der Waals surface area contributed by atoms with Crippen molar-refractivity contribution in [3.8, 4) is 0 Å². The van der Waals surface area contributed by atoms with Gasteiger partial charge < -0.3 is 15.5 Å². The fraction of sp³-hybridized carbons (Fsp3) is 0.455. The molecule has 0 aliphatic heterocycles. The van der Waals surface area contributed by atoms with E-state index in [1.165, 1.54) is 12.3 Å². The van der Waals surface area contributed by atoms with Crippen LogP contribution in [0.25, 0.3) is 0 Å². The Kier molecular flexibility index (Phi) is 4.47. The number of nitrogens with zero attached hydrogens (tertiary/aromatic N) is 1. The summed E-state index contributed by atoms with van der Waals surface area (Å²) < 4.78 is 0.613. The van der Waals surface area contributed by atoms with Crippen molar-refractivity contribution in [2.45, 2.75) is 13.8 Å². The summed E-state index contributed by atoms with van der Waals surface area (Å²) in [6.07, 6.45) is 1.53. The maximum Gasteiger partial charge on any atom is 0.339 e. The first kappa shape index (κ1) is 13.9. The van der Waals surface area contributed by atoms with Crippen LogP contribution in [-0.2, 0) is 0 Å². The van der Waals surface area contributed by atoms with Crippen LogP contribution < -0.4 is 5.32 Å². The third-order valence-corrected chi connectivity index (χ3v) is 2.68. The molecule has 1 rings (SSSR count). The molecule has 94 valence electrons. The molecule has 1 heterocycles. The van der Waals surface area contributed by atoms with Gasteiger partial charge in [-0.1, -0.05) is 13.8 Å². The monoisotopic (exact) mass is 302 g/mol. The fourth-order valence-electron chi connectivity index (χ4n) is 1.12. The number of rotatable bonds is 5. The molecular formula is C11H15BrN2O3. The van der Waals surface area contributed by atoms with Crippen molar-refractivity contribution in [1.82, 2.24) is 4.98 Å². The van der Waals surface area contributed by atoms with Crippen molar-refractivity contribution >= 4 is 27.7 Å². The van der Waals surface area contributed by atoms with Crippen molar-refractivity contribution in [2.24, 2.45) is 5.41 Å². The van der Waals surface area contributed by atoms with Gasteiger partial charge in [0.1, 0.15) is 11.4 Å². The quantitative estimate of drug-likeness (QED) is 0.774. The van der Waals surface area contributed by atoms with E-state index in [1.54, 1.807) is 0 Å². The van der Waals surface area contributed by atoms with Gasteiger partial charge >= 0.3 is 5.97 Å². The average Bonchev–Trinajstić information content (AvgIpc) is 2.27. The predicted octanol–water partition coefficient (Wildman–Crippen LogP) is 1.97. The Bertz CT molecular complexity index is 421. The zero-order valence-electron chi connectivity index (χ0n) is 9.70. The number of aliphatic hydroxyl groups excluding tert-OH is 1. The number of anilines is 1. The molecule has 17 heavy (non-hydrogen) atoms. The van der Waals surface area contributed by atoms with Crippen LogP contribution in [0.3, 0.4) is 0 Å². The maximum atomic E-state index is 11.0. The van der Waals surface area contributed by atoms with E-state index in [0.29, 0.717) is 16.8 Å². The number of carboxylic acids is 1. The third-order valence-electron chi connectivity index (χ3n) is 2.25. The molecule has 0 saturated carbocycles. The van der Waals surface area contributed by atoms with Gasteiger partial charge in [0.2, 0.25) is 0 Å². The van der Waals surface area contributed by atoms with E-state index >= 15 is 0 Å². The summed E-state index contributed by atoms with van der Waals surface area (Å²) in [7, 11) is 0. The van der Waals surface area contributed by atoms with Gasteiger partial charge in [-0.05, 0) is 22.0 Å². The Balaban J connectivity index is 2.88. The molecule has 0 aliphatic carbocycles. The Morgan fingerprint density at radius 3 is 2.76 bits per heavy atom. The topological polar surface area (TPSA) is 82.5 Å². The molecule has 0 amide bonds. The highest BCUT2D eigenvalue weighted by molar-refractivity contribution is 9.10. The maximum absolute atomic E-state index is 11.0. The van der Waals surface area contributed by atoms with Crippen LogP contribution >= 0.6 is 15.9 Å². The van der Waals surface area contributed by atoms with E-state index in [4.69, 9.17) is 10.2 Å². The number of carbonyl (C=O) groups is 1. The van der Waals surface area contributed by atoms with E-state index in [-0.39, 0.29) is 17.6 Å². The molecule has 6 heteroatoms. The molecular weight excluding hydrogens is 288 g/mol. The lowest BCUT2D eigenvalue weighted by Gasteiger charge is -2.22. The summed E-state index contributed by atoms with van der Waals surface area (Å²) in [5, 5.41) is 21.1. The van der Waals surface area contributed by atoms with E-state index in [9.17, 15) is 4.79 Å². The second-order valence-electron chi connectivity index (χ2n) is 4.53. The first-order valence-electron chi connectivity index (χ1n) is 5.09. The Morgan fingerprint density at radius 2 is 2.24 bits per heavy atom. The number of halogens is 1. The Morgan fingerprint density at radius 1 is 1.59 bits per heavy atom. The molecule has 0 spiro atoms. The Hall–Kier alpha value is -1.14. The molecule has 0 aromatic carbocycles. The number of hydrogen-bond donors (Lipinski definition) is 3. The summed E-state index contributed by atoms with van der Waals surface area (Å²) in [6.45, 7) is 4.20. The highest BCUT2D eigenvalue weighted by atomic mass is 79.9. The molecule has 0 saturated heterocycles. The van der Waals surface area contributed by atoms with Gasteiger partial charge in [-0.25, -0.2) is 9.78 Å². The highest BCUT2D eigenvalue weighted by Gasteiger charge is 2.18. The summed E-state index contributed by atoms with van der Waals surface area (Å²) in [5.74, 6) is -0.731. The number of pyridine rings is 1. The first-order chi connectivity index (χ1) is 7.85. The van der Waals surface area contributed by atoms with Crippen LogP contribution in [0.1, 0.15) is 24.2 Å². The molecule has 3 N–H and O–H groups in total. The van der Waals surface area contributed by atoms with Gasteiger partial charge in [-0.3, -0.25) is 0 Å². The predicted molar refractivity (Wildman–Crippen MR) is 68.3 cm³/mol. The van der Waals surface area contributed by atoms with Crippen LogP contribution in [-0.4, -0.2) is 34.3 Å². The van der Waals surface area contributed by atoms with Crippen molar-refractivity contribution < 1.29 is 15.0 Å². The fourth-order valence-corrected chi connectivity index (χ4v) is 1.45. The van der Waals surface area contributed by atoms with Crippen molar-refractivity contribution in [1.29, 1.82) is 0 Å². The van der Waals surface area contributed by atoms with E-state index in [2.05, 4.69) is 26.2 Å². The molecule has 0 aliphatic rings. The largest absolute Gasteiger partial charge is 0.478 e. The van der Waals surface area contributed by atoms with Crippen LogP contribution in [0.15, 0.2) is 16.7 Å². The van der Waals surface area contributed by atoms with Crippen LogP contribution in [0.4, 0.5) is 5.82 Å². The summed E-state index contributed by atoms with van der Waals surface area (Å²) >= 11 is 3.18. The van der Waals surface area contributed by atoms with Crippen molar-refractivity contribution in [3.05, 3.63) is 22.3 Å². The average molecular weight is 303 g/mol. The number of aliphatic hydroxyl groups is 1.